The van der Waals surface area contributed by atoms with Crippen molar-refractivity contribution in [1.29, 1.82) is 0 Å². The largest absolute Gasteiger partial charge is 0.504 e. The quantitative estimate of drug-likeness (QED) is 0.726. The summed E-state index contributed by atoms with van der Waals surface area (Å²) < 4.78 is 15.8. The fourth-order valence-electron chi connectivity index (χ4n) is 2.64. The highest BCUT2D eigenvalue weighted by atomic mass is 16.5. The topological polar surface area (TPSA) is 80.8 Å². The van der Waals surface area contributed by atoms with E-state index < -0.39 is 0 Å². The summed E-state index contributed by atoms with van der Waals surface area (Å²) in [7, 11) is 4.28. The molecular formula is C16H15NO5. The third-order valence-electron chi connectivity index (χ3n) is 3.61. The molecule has 6 heteroatoms. The Balaban J connectivity index is 2.64. The standard InChI is InChI=1S/C16H15NO5/c1-20-14-11-10(13(19)15(21-2)16(14)22-3)12(18)8-6-4-5-7-9(8)17-11/h4-7,19H,1-3H3,(H,17,18). The Hall–Kier alpha value is -2.89. The van der Waals surface area contributed by atoms with Crippen LogP contribution in [0.4, 0.5) is 0 Å². The number of pyridine rings is 1. The number of hydrogen-bond donors (Lipinski definition) is 2. The fraction of sp³-hybridized carbons (Fsp3) is 0.188. The number of methoxy groups -OCH3 is 3. The van der Waals surface area contributed by atoms with E-state index in [2.05, 4.69) is 4.98 Å². The number of phenols is 1. The highest BCUT2D eigenvalue weighted by molar-refractivity contribution is 6.01. The summed E-state index contributed by atoms with van der Waals surface area (Å²) >= 11 is 0. The highest BCUT2D eigenvalue weighted by Crippen LogP contribution is 2.48. The summed E-state index contributed by atoms with van der Waals surface area (Å²) in [6.45, 7) is 0. The van der Waals surface area contributed by atoms with Crippen LogP contribution in [0, 0.1) is 0 Å². The van der Waals surface area contributed by atoms with E-state index in [1.807, 2.05) is 6.07 Å². The van der Waals surface area contributed by atoms with Crippen molar-refractivity contribution in [1.82, 2.24) is 4.98 Å². The Kier molecular flexibility index (Phi) is 3.29. The number of hydrogen-bond acceptors (Lipinski definition) is 5. The Bertz CT molecular complexity index is 929. The van der Waals surface area contributed by atoms with Crippen LogP contribution in [0.25, 0.3) is 21.8 Å². The average Bonchev–Trinajstić information content (AvgIpc) is 2.54. The molecule has 0 aliphatic heterocycles. The number of H-pyrrole nitrogens is 1. The number of aromatic amines is 1. The lowest BCUT2D eigenvalue weighted by molar-refractivity contribution is 0.314. The smallest absolute Gasteiger partial charge is 0.209 e. The van der Waals surface area contributed by atoms with Crippen LogP contribution in [0.5, 0.6) is 23.0 Å². The second kappa shape index (κ2) is 5.14. The van der Waals surface area contributed by atoms with Gasteiger partial charge in [0.25, 0.3) is 0 Å². The Labute approximate surface area is 125 Å². The molecule has 0 spiro atoms. The summed E-state index contributed by atoms with van der Waals surface area (Å²) in [6.07, 6.45) is 0. The Morgan fingerprint density at radius 3 is 2.23 bits per heavy atom. The molecule has 2 N–H and O–H groups in total. The van der Waals surface area contributed by atoms with Crippen molar-refractivity contribution < 1.29 is 19.3 Å². The molecule has 3 aromatic rings. The third-order valence-corrected chi connectivity index (χ3v) is 3.61. The van der Waals surface area contributed by atoms with E-state index in [-0.39, 0.29) is 28.1 Å². The van der Waals surface area contributed by atoms with E-state index >= 15 is 0 Å². The third kappa shape index (κ3) is 1.77. The van der Waals surface area contributed by atoms with Gasteiger partial charge < -0.3 is 24.3 Å². The van der Waals surface area contributed by atoms with Crippen LogP contribution < -0.4 is 19.6 Å². The van der Waals surface area contributed by atoms with E-state index in [9.17, 15) is 9.90 Å². The van der Waals surface area contributed by atoms with Gasteiger partial charge in [0.15, 0.2) is 11.5 Å². The van der Waals surface area contributed by atoms with Crippen LogP contribution >= 0.6 is 0 Å². The van der Waals surface area contributed by atoms with Gasteiger partial charge >= 0.3 is 0 Å². The summed E-state index contributed by atoms with van der Waals surface area (Å²) in [5.74, 6) is 0.311. The van der Waals surface area contributed by atoms with Gasteiger partial charge in [-0.25, -0.2) is 0 Å². The zero-order valence-corrected chi connectivity index (χ0v) is 12.4. The molecule has 0 bridgehead atoms. The lowest BCUT2D eigenvalue weighted by atomic mass is 10.1. The number of benzene rings is 2. The summed E-state index contributed by atoms with van der Waals surface area (Å²) in [5.41, 5.74) is 0.701. The maximum Gasteiger partial charge on any atom is 0.209 e. The second-order valence-electron chi connectivity index (χ2n) is 4.70. The summed E-state index contributed by atoms with van der Waals surface area (Å²) in [4.78, 5) is 15.8. The number of aromatic nitrogens is 1. The number of ether oxygens (including phenoxy) is 3. The molecule has 1 heterocycles. The number of fused-ring (bicyclic) bond motifs is 2. The van der Waals surface area contributed by atoms with Gasteiger partial charge in [-0.15, -0.1) is 0 Å². The van der Waals surface area contributed by atoms with Gasteiger partial charge in [-0.2, -0.15) is 0 Å². The van der Waals surface area contributed by atoms with Gasteiger partial charge in [-0.1, -0.05) is 12.1 Å². The first-order valence-corrected chi connectivity index (χ1v) is 6.59. The van der Waals surface area contributed by atoms with Crippen LogP contribution in [-0.4, -0.2) is 31.4 Å². The Morgan fingerprint density at radius 1 is 0.955 bits per heavy atom. The SMILES string of the molecule is COc1c(OC)c(O)c2c(=O)c3ccccc3[nH]c2c1OC. The molecule has 6 nitrogen and oxygen atoms in total. The van der Waals surface area contributed by atoms with Crippen molar-refractivity contribution in [3.63, 3.8) is 0 Å². The molecule has 114 valence electrons. The van der Waals surface area contributed by atoms with E-state index in [0.29, 0.717) is 22.2 Å². The van der Waals surface area contributed by atoms with Gasteiger partial charge in [0.1, 0.15) is 5.52 Å². The zero-order chi connectivity index (χ0) is 15.9. The van der Waals surface area contributed by atoms with Gasteiger partial charge in [-0.3, -0.25) is 4.79 Å². The van der Waals surface area contributed by atoms with Crippen molar-refractivity contribution >= 4 is 21.8 Å². The fourth-order valence-corrected chi connectivity index (χ4v) is 2.64. The number of phenolic OH excluding ortho intramolecular Hbond substituents is 1. The number of nitrogens with one attached hydrogen (secondary N) is 1. The second-order valence-corrected chi connectivity index (χ2v) is 4.70. The highest BCUT2D eigenvalue weighted by Gasteiger charge is 2.24. The summed E-state index contributed by atoms with van der Waals surface area (Å²) in [6, 6.07) is 7.05. The molecule has 0 unspecified atom stereocenters. The van der Waals surface area contributed by atoms with Gasteiger partial charge in [0, 0.05) is 10.9 Å². The maximum absolute atomic E-state index is 12.7. The molecule has 0 atom stereocenters. The lowest BCUT2D eigenvalue weighted by Crippen LogP contribution is -2.07. The predicted molar refractivity (Wildman–Crippen MR) is 83.4 cm³/mol. The first-order chi connectivity index (χ1) is 10.6. The molecule has 0 amide bonds. The maximum atomic E-state index is 12.7. The monoisotopic (exact) mass is 301 g/mol. The van der Waals surface area contributed by atoms with Crippen LogP contribution in [0.1, 0.15) is 0 Å². The molecule has 0 fully saturated rings. The molecular weight excluding hydrogens is 286 g/mol. The van der Waals surface area contributed by atoms with Crippen molar-refractivity contribution in [3.8, 4) is 23.0 Å². The van der Waals surface area contributed by atoms with Crippen LogP contribution in [-0.2, 0) is 0 Å². The van der Waals surface area contributed by atoms with Crippen LogP contribution in [0.15, 0.2) is 29.1 Å². The van der Waals surface area contributed by atoms with E-state index in [1.54, 1.807) is 18.2 Å². The summed E-state index contributed by atoms with van der Waals surface area (Å²) in [5, 5.41) is 11.0. The average molecular weight is 301 g/mol. The molecule has 0 aliphatic rings. The Morgan fingerprint density at radius 2 is 1.59 bits per heavy atom. The van der Waals surface area contributed by atoms with Gasteiger partial charge in [0.2, 0.25) is 16.9 Å². The molecule has 0 aliphatic carbocycles. The van der Waals surface area contributed by atoms with Gasteiger partial charge in [0.05, 0.1) is 26.7 Å². The van der Waals surface area contributed by atoms with Crippen molar-refractivity contribution in [2.45, 2.75) is 0 Å². The minimum absolute atomic E-state index is 0.0626. The molecule has 0 saturated heterocycles. The number of rotatable bonds is 3. The van der Waals surface area contributed by atoms with Crippen molar-refractivity contribution in [2.24, 2.45) is 0 Å². The molecule has 2 aromatic carbocycles. The van der Waals surface area contributed by atoms with Crippen LogP contribution in [0.2, 0.25) is 0 Å². The van der Waals surface area contributed by atoms with Crippen molar-refractivity contribution in [3.05, 3.63) is 34.5 Å². The number of aromatic hydroxyl groups is 1. The molecule has 22 heavy (non-hydrogen) atoms. The molecule has 0 radical (unpaired) electrons. The molecule has 1 aromatic heterocycles. The van der Waals surface area contributed by atoms with E-state index in [4.69, 9.17) is 14.2 Å². The van der Waals surface area contributed by atoms with Crippen molar-refractivity contribution in [2.75, 3.05) is 21.3 Å². The molecule has 3 rings (SSSR count). The predicted octanol–water partition coefficient (Wildman–Crippen LogP) is 2.41. The lowest BCUT2D eigenvalue weighted by Gasteiger charge is -2.16. The first-order valence-electron chi connectivity index (χ1n) is 6.59. The number of para-hydroxylation sites is 1. The zero-order valence-electron chi connectivity index (χ0n) is 12.4. The van der Waals surface area contributed by atoms with E-state index in [0.717, 1.165) is 0 Å². The minimum atomic E-state index is -0.305. The van der Waals surface area contributed by atoms with Crippen LogP contribution in [0.3, 0.4) is 0 Å². The molecule has 0 saturated carbocycles. The van der Waals surface area contributed by atoms with Gasteiger partial charge in [-0.05, 0) is 12.1 Å². The minimum Gasteiger partial charge on any atom is -0.504 e. The van der Waals surface area contributed by atoms with E-state index in [1.165, 1.54) is 21.3 Å². The normalized spacial score (nSPS) is 10.9. The first kappa shape index (κ1) is 14.1.